The summed E-state index contributed by atoms with van der Waals surface area (Å²) < 4.78 is 0. The molecule has 5 nitrogen and oxygen atoms in total. The summed E-state index contributed by atoms with van der Waals surface area (Å²) in [4.78, 5) is 14.3. The van der Waals surface area contributed by atoms with Crippen LogP contribution in [0.15, 0.2) is 29.4 Å². The molecule has 0 aromatic heterocycles. The molecule has 1 saturated heterocycles. The van der Waals surface area contributed by atoms with Crippen LogP contribution < -0.4 is 5.73 Å². The van der Waals surface area contributed by atoms with E-state index in [0.29, 0.717) is 12.1 Å². The summed E-state index contributed by atoms with van der Waals surface area (Å²) in [6, 6.07) is 7.38. The van der Waals surface area contributed by atoms with Gasteiger partial charge in [0.2, 0.25) is 0 Å². The first-order valence-electron chi connectivity index (χ1n) is 7.23. The normalized spacial score (nSPS) is 19.9. The molecular formula is C16H23N3O2. The Morgan fingerprint density at radius 2 is 1.95 bits per heavy atom. The predicted octanol–water partition coefficient (Wildman–Crippen LogP) is 2.34. The lowest BCUT2D eigenvalue weighted by molar-refractivity contribution is 0.0768. The zero-order chi connectivity index (χ0) is 15.6. The van der Waals surface area contributed by atoms with Crippen LogP contribution in [0.1, 0.15) is 49.5 Å². The van der Waals surface area contributed by atoms with Crippen molar-refractivity contribution in [1.82, 2.24) is 4.90 Å². The van der Waals surface area contributed by atoms with Gasteiger partial charge in [0.05, 0.1) is 6.04 Å². The molecule has 0 aliphatic carbocycles. The van der Waals surface area contributed by atoms with Crippen molar-refractivity contribution < 1.29 is 10.0 Å². The first-order chi connectivity index (χ1) is 9.84. The molecule has 1 aliphatic rings. The lowest BCUT2D eigenvalue weighted by atomic mass is 9.86. The minimum Gasteiger partial charge on any atom is -0.409 e. The van der Waals surface area contributed by atoms with Gasteiger partial charge in [-0.05, 0) is 36.0 Å². The van der Waals surface area contributed by atoms with Crippen LogP contribution in [0.4, 0.5) is 0 Å². The zero-order valence-electron chi connectivity index (χ0n) is 12.8. The lowest BCUT2D eigenvalue weighted by Crippen LogP contribution is -2.43. The van der Waals surface area contributed by atoms with Gasteiger partial charge in [-0.2, -0.15) is 0 Å². The first kappa shape index (κ1) is 15.4. The van der Waals surface area contributed by atoms with Gasteiger partial charge in [0.1, 0.15) is 0 Å². The van der Waals surface area contributed by atoms with E-state index in [1.807, 2.05) is 24.3 Å². The van der Waals surface area contributed by atoms with Gasteiger partial charge in [0.15, 0.2) is 5.84 Å². The summed E-state index contributed by atoms with van der Waals surface area (Å²) in [5, 5.41) is 11.9. The molecule has 21 heavy (non-hydrogen) atoms. The van der Waals surface area contributed by atoms with Gasteiger partial charge in [-0.15, -0.1) is 0 Å². The third kappa shape index (κ3) is 3.17. The van der Waals surface area contributed by atoms with Gasteiger partial charge in [-0.25, -0.2) is 0 Å². The molecule has 1 aromatic carbocycles. The Kier molecular flexibility index (Phi) is 4.21. The van der Waals surface area contributed by atoms with E-state index in [9.17, 15) is 4.79 Å². The van der Waals surface area contributed by atoms with E-state index in [1.54, 1.807) is 4.90 Å². The minimum atomic E-state index is -0.301. The van der Waals surface area contributed by atoms with Crippen LogP contribution >= 0.6 is 0 Å². The Morgan fingerprint density at radius 3 is 2.48 bits per heavy atom. The van der Waals surface area contributed by atoms with Crippen LogP contribution in [0.5, 0.6) is 0 Å². The topological polar surface area (TPSA) is 78.9 Å². The number of carbonyl (C=O) groups excluding carboxylic acids is 1. The number of rotatable bonds is 2. The molecule has 5 heteroatoms. The number of hydrogen-bond acceptors (Lipinski definition) is 3. The molecule has 0 saturated carbocycles. The number of hydrogen-bond donors (Lipinski definition) is 2. The number of amides is 1. The van der Waals surface area contributed by atoms with Gasteiger partial charge in [-0.1, -0.05) is 38.1 Å². The fraction of sp³-hybridized carbons (Fsp3) is 0.500. The highest BCUT2D eigenvalue weighted by Crippen LogP contribution is 2.24. The fourth-order valence-corrected chi connectivity index (χ4v) is 2.66. The van der Waals surface area contributed by atoms with Crippen molar-refractivity contribution in [3.05, 3.63) is 35.4 Å². The maximum Gasteiger partial charge on any atom is 0.254 e. The molecule has 0 bridgehead atoms. The van der Waals surface area contributed by atoms with Crippen LogP contribution in [0, 0.1) is 0 Å². The Morgan fingerprint density at radius 1 is 1.33 bits per heavy atom. The zero-order valence-corrected chi connectivity index (χ0v) is 12.8. The number of oxime groups is 1. The summed E-state index contributed by atoms with van der Waals surface area (Å²) in [7, 11) is 0. The fourth-order valence-electron chi connectivity index (χ4n) is 2.66. The second-order valence-electron chi connectivity index (χ2n) is 6.51. The van der Waals surface area contributed by atoms with Crippen molar-refractivity contribution >= 4 is 11.7 Å². The molecule has 114 valence electrons. The summed E-state index contributed by atoms with van der Waals surface area (Å²) >= 11 is 0. The predicted molar refractivity (Wildman–Crippen MR) is 82.6 cm³/mol. The average molecular weight is 289 g/mol. The highest BCUT2D eigenvalue weighted by molar-refractivity contribution is 5.98. The van der Waals surface area contributed by atoms with Gasteiger partial charge in [0.25, 0.3) is 5.91 Å². The lowest BCUT2D eigenvalue weighted by Gasteiger charge is -2.24. The Hall–Kier alpha value is -2.04. The Bertz CT molecular complexity index is 544. The van der Waals surface area contributed by atoms with E-state index in [2.05, 4.69) is 25.9 Å². The number of benzene rings is 1. The van der Waals surface area contributed by atoms with Crippen LogP contribution in [0.2, 0.25) is 0 Å². The van der Waals surface area contributed by atoms with E-state index in [-0.39, 0.29) is 23.2 Å². The van der Waals surface area contributed by atoms with Gasteiger partial charge >= 0.3 is 0 Å². The molecule has 1 atom stereocenters. The standard InChI is InChI=1S/C16H23N3O2/c1-16(2,3)12-8-6-11(7-9-12)15(20)19-10-4-5-13(19)14(17)18-21/h6-9,13,21H,4-5,10H2,1-3H3,(H2,17,18). The molecule has 0 spiro atoms. The van der Waals surface area contributed by atoms with Crippen LogP contribution in [-0.4, -0.2) is 34.4 Å². The molecule has 3 N–H and O–H groups in total. The smallest absolute Gasteiger partial charge is 0.254 e. The minimum absolute atomic E-state index is 0.0612. The van der Waals surface area contributed by atoms with Gasteiger partial charge in [0, 0.05) is 12.1 Å². The Labute approximate surface area is 125 Å². The van der Waals surface area contributed by atoms with E-state index in [1.165, 1.54) is 5.56 Å². The second-order valence-corrected chi connectivity index (χ2v) is 6.51. The van der Waals surface area contributed by atoms with Crippen molar-refractivity contribution in [2.75, 3.05) is 6.54 Å². The van der Waals surface area contributed by atoms with Crippen molar-refractivity contribution in [3.63, 3.8) is 0 Å². The first-order valence-corrected chi connectivity index (χ1v) is 7.23. The number of likely N-dealkylation sites (tertiary alicyclic amines) is 1. The third-order valence-electron chi connectivity index (χ3n) is 3.97. The molecule has 1 amide bonds. The Balaban J connectivity index is 2.20. The van der Waals surface area contributed by atoms with Crippen LogP contribution in [0.25, 0.3) is 0 Å². The highest BCUT2D eigenvalue weighted by atomic mass is 16.4. The van der Waals surface area contributed by atoms with Crippen molar-refractivity contribution in [3.8, 4) is 0 Å². The number of nitrogens with two attached hydrogens (primary N) is 1. The summed E-state index contributed by atoms with van der Waals surface area (Å²) in [5.74, 6) is 0.0386. The molecule has 1 unspecified atom stereocenters. The van der Waals surface area contributed by atoms with Gasteiger partial charge < -0.3 is 15.8 Å². The maximum atomic E-state index is 12.6. The number of nitrogens with zero attached hydrogens (tertiary/aromatic N) is 2. The average Bonchev–Trinajstić information content (AvgIpc) is 2.94. The highest BCUT2D eigenvalue weighted by Gasteiger charge is 2.32. The van der Waals surface area contributed by atoms with Crippen LogP contribution in [0.3, 0.4) is 0 Å². The molecule has 2 rings (SSSR count). The largest absolute Gasteiger partial charge is 0.409 e. The second kappa shape index (κ2) is 5.76. The molecule has 1 aromatic rings. The molecular weight excluding hydrogens is 266 g/mol. The van der Waals surface area contributed by atoms with E-state index in [0.717, 1.165) is 12.8 Å². The molecule has 1 fully saturated rings. The summed E-state index contributed by atoms with van der Waals surface area (Å²) in [6.07, 6.45) is 1.61. The molecule has 1 heterocycles. The van der Waals surface area contributed by atoms with Crippen LogP contribution in [-0.2, 0) is 5.41 Å². The van der Waals surface area contributed by atoms with Gasteiger partial charge in [-0.3, -0.25) is 4.79 Å². The van der Waals surface area contributed by atoms with E-state index >= 15 is 0 Å². The monoisotopic (exact) mass is 289 g/mol. The molecule has 1 aliphatic heterocycles. The van der Waals surface area contributed by atoms with E-state index in [4.69, 9.17) is 10.9 Å². The van der Waals surface area contributed by atoms with Crippen molar-refractivity contribution in [2.24, 2.45) is 10.9 Å². The SMILES string of the molecule is CC(C)(C)c1ccc(C(=O)N2CCCC2C(N)=NO)cc1. The quantitative estimate of drug-likeness (QED) is 0.379. The number of amidine groups is 1. The third-order valence-corrected chi connectivity index (χ3v) is 3.97. The summed E-state index contributed by atoms with van der Waals surface area (Å²) in [6.45, 7) is 7.05. The van der Waals surface area contributed by atoms with Crippen molar-refractivity contribution in [1.29, 1.82) is 0 Å². The maximum absolute atomic E-state index is 12.6. The number of carbonyl (C=O) groups is 1. The molecule has 0 radical (unpaired) electrons. The van der Waals surface area contributed by atoms with Crippen molar-refractivity contribution in [2.45, 2.75) is 45.1 Å². The van der Waals surface area contributed by atoms with E-state index < -0.39 is 0 Å². The summed E-state index contributed by atoms with van der Waals surface area (Å²) in [5.41, 5.74) is 7.56.